The molecule has 0 unspecified atom stereocenters. The summed E-state index contributed by atoms with van der Waals surface area (Å²) in [6, 6.07) is 0. The molecule has 4 N–H and O–H groups in total. The van der Waals surface area contributed by atoms with Crippen LogP contribution in [0.25, 0.3) is 0 Å². The maximum Gasteiger partial charge on any atom is -0.00489 e. The van der Waals surface area contributed by atoms with Gasteiger partial charge in [-0.2, -0.15) is 0 Å². The predicted octanol–water partition coefficient (Wildman–Crippen LogP) is 5.52. The van der Waals surface area contributed by atoms with E-state index in [1.165, 1.54) is 77.3 Å². The normalized spacial score (nSPS) is 9.00. The summed E-state index contributed by atoms with van der Waals surface area (Å²) in [7, 11) is 0. The second-order valence-corrected chi connectivity index (χ2v) is 4.58. The van der Waals surface area contributed by atoms with Crippen LogP contribution >= 0.6 is 24.8 Å². The summed E-state index contributed by atoms with van der Waals surface area (Å²) in [5.41, 5.74) is 0. The van der Waals surface area contributed by atoms with Crippen molar-refractivity contribution in [1.82, 2.24) is 11.5 Å². The van der Waals surface area contributed by atoms with Crippen molar-refractivity contribution in [3.63, 3.8) is 0 Å². The lowest BCUT2D eigenvalue weighted by molar-refractivity contribution is 0.550. The van der Waals surface area contributed by atoms with Crippen LogP contribution in [0.3, 0.4) is 0 Å². The van der Waals surface area contributed by atoms with Gasteiger partial charge in [0.1, 0.15) is 0 Å². The molecule has 0 aliphatic carbocycles. The molecule has 0 aliphatic heterocycles. The highest BCUT2D eigenvalue weighted by molar-refractivity contribution is 5.85. The largest absolute Gasteiger partial charge is 0.344 e. The lowest BCUT2D eigenvalue weighted by Crippen LogP contribution is -2.16. The monoisotopic (exact) mass is 302 g/mol. The lowest BCUT2D eigenvalue weighted by Gasteiger charge is -2.03. The Hall–Kier alpha value is 0.500. The zero-order chi connectivity index (χ0) is 11.2. The Kier molecular flexibility index (Phi) is 39.1. The predicted molar refractivity (Wildman–Crippen MR) is 89.9 cm³/mol. The third-order valence-corrected chi connectivity index (χ3v) is 2.91. The van der Waals surface area contributed by atoms with E-state index in [-0.39, 0.29) is 31.0 Å². The molecule has 0 heterocycles. The molecule has 0 aromatic heterocycles. The molecule has 0 radical (unpaired) electrons. The van der Waals surface area contributed by atoms with Crippen molar-refractivity contribution in [2.45, 2.75) is 78.1 Å². The fourth-order valence-corrected chi connectivity index (χ4v) is 1.81. The minimum absolute atomic E-state index is 0. The van der Waals surface area contributed by atoms with Crippen LogP contribution in [0.4, 0.5) is 0 Å². The molecule has 0 amide bonds. The van der Waals surface area contributed by atoms with Crippen molar-refractivity contribution >= 4 is 24.8 Å². The van der Waals surface area contributed by atoms with E-state index >= 15 is 0 Å². The van der Waals surface area contributed by atoms with E-state index in [2.05, 4.69) is 19.2 Å². The van der Waals surface area contributed by atoms with E-state index in [1.54, 1.807) is 0 Å². The number of rotatable bonds is 12. The fourth-order valence-electron chi connectivity index (χ4n) is 1.81. The van der Waals surface area contributed by atoms with Crippen LogP contribution in [-0.2, 0) is 0 Å². The molecular weight excluding hydrogens is 267 g/mol. The van der Waals surface area contributed by atoms with E-state index in [1.807, 2.05) is 0 Å². The van der Waals surface area contributed by atoms with Gasteiger partial charge < -0.3 is 11.5 Å². The minimum atomic E-state index is 0. The number of unbranched alkanes of at least 4 members (excludes halogenated alkanes) is 8. The van der Waals surface area contributed by atoms with Gasteiger partial charge in [0.25, 0.3) is 0 Å². The Morgan fingerprint density at radius 3 is 1.44 bits per heavy atom. The lowest BCUT2D eigenvalue weighted by atomic mass is 10.1. The third kappa shape index (κ3) is 25.4. The number of hydrogen-bond donors (Lipinski definition) is 2. The average molecular weight is 303 g/mol. The zero-order valence-electron chi connectivity index (χ0n) is 12.5. The molecular formula is C14H36Cl2N2. The average Bonchev–Trinajstić information content (AvgIpc) is 2.26. The first-order valence-corrected chi connectivity index (χ1v) is 7.12. The molecule has 4 heteroatoms. The van der Waals surface area contributed by atoms with E-state index in [0.29, 0.717) is 0 Å². The van der Waals surface area contributed by atoms with Crippen LogP contribution < -0.4 is 11.5 Å². The van der Waals surface area contributed by atoms with E-state index in [0.717, 1.165) is 0 Å². The highest BCUT2D eigenvalue weighted by Gasteiger charge is 1.91. The number of nitrogens with one attached hydrogen (secondary N) is 1. The molecule has 0 atom stereocenters. The summed E-state index contributed by atoms with van der Waals surface area (Å²) in [5, 5.41) is 3.50. The van der Waals surface area contributed by atoms with E-state index < -0.39 is 0 Å². The van der Waals surface area contributed by atoms with Crippen molar-refractivity contribution in [3.05, 3.63) is 0 Å². The van der Waals surface area contributed by atoms with Crippen molar-refractivity contribution in [3.8, 4) is 0 Å². The van der Waals surface area contributed by atoms with Gasteiger partial charge in [0.05, 0.1) is 0 Å². The van der Waals surface area contributed by atoms with Gasteiger partial charge in [-0.3, -0.25) is 0 Å². The number of halogens is 2. The van der Waals surface area contributed by atoms with Gasteiger partial charge in [0.2, 0.25) is 0 Å². The summed E-state index contributed by atoms with van der Waals surface area (Å²) in [4.78, 5) is 0. The second kappa shape index (κ2) is 26.1. The molecule has 0 aliphatic rings. The summed E-state index contributed by atoms with van der Waals surface area (Å²) in [5.74, 6) is 0. The Labute approximate surface area is 127 Å². The molecule has 0 bridgehead atoms. The van der Waals surface area contributed by atoms with E-state index in [9.17, 15) is 0 Å². The summed E-state index contributed by atoms with van der Waals surface area (Å²) in [6.45, 7) is 6.97. The first kappa shape index (κ1) is 26.9. The molecule has 2 nitrogen and oxygen atoms in total. The third-order valence-electron chi connectivity index (χ3n) is 2.91. The second-order valence-electron chi connectivity index (χ2n) is 4.58. The molecule has 0 aromatic rings. The van der Waals surface area contributed by atoms with E-state index in [4.69, 9.17) is 0 Å². The standard InChI is InChI=1S/C14H31N.2ClH.H3N/c1-3-5-7-8-9-10-11-12-14-15-13-6-4-2;;;/h15H,3-14H2,1-2H3;2*1H;1H3. The zero-order valence-corrected chi connectivity index (χ0v) is 14.1. The van der Waals surface area contributed by atoms with Gasteiger partial charge in [-0.25, -0.2) is 0 Å². The van der Waals surface area contributed by atoms with Crippen molar-refractivity contribution in [2.24, 2.45) is 0 Å². The van der Waals surface area contributed by atoms with Gasteiger partial charge in [0.15, 0.2) is 0 Å². The van der Waals surface area contributed by atoms with Gasteiger partial charge in [-0.15, -0.1) is 24.8 Å². The Bertz CT molecular complexity index is 102. The maximum atomic E-state index is 3.50. The van der Waals surface area contributed by atoms with Crippen LogP contribution in [0.2, 0.25) is 0 Å². The molecule has 116 valence electrons. The minimum Gasteiger partial charge on any atom is -0.344 e. The Morgan fingerprint density at radius 1 is 0.556 bits per heavy atom. The molecule has 0 aromatic carbocycles. The van der Waals surface area contributed by atoms with Crippen molar-refractivity contribution in [1.29, 1.82) is 0 Å². The van der Waals surface area contributed by atoms with Crippen molar-refractivity contribution < 1.29 is 0 Å². The van der Waals surface area contributed by atoms with Gasteiger partial charge in [-0.1, -0.05) is 65.2 Å². The maximum absolute atomic E-state index is 3.50. The van der Waals surface area contributed by atoms with Gasteiger partial charge in [-0.05, 0) is 25.9 Å². The first-order valence-electron chi connectivity index (χ1n) is 7.12. The Balaban J connectivity index is -0.000000327. The quantitative estimate of drug-likeness (QED) is 0.466. The van der Waals surface area contributed by atoms with Crippen LogP contribution in [0, 0.1) is 0 Å². The van der Waals surface area contributed by atoms with Crippen LogP contribution in [0.15, 0.2) is 0 Å². The Morgan fingerprint density at radius 2 is 0.944 bits per heavy atom. The van der Waals surface area contributed by atoms with Crippen LogP contribution in [0.5, 0.6) is 0 Å². The molecule has 0 saturated carbocycles. The van der Waals surface area contributed by atoms with Crippen molar-refractivity contribution in [2.75, 3.05) is 13.1 Å². The molecule has 0 saturated heterocycles. The summed E-state index contributed by atoms with van der Waals surface area (Å²) < 4.78 is 0. The number of hydrogen-bond acceptors (Lipinski definition) is 2. The summed E-state index contributed by atoms with van der Waals surface area (Å²) in [6.07, 6.45) is 14.0. The molecule has 0 spiro atoms. The fraction of sp³-hybridized carbons (Fsp3) is 1.00. The molecule has 0 rings (SSSR count). The molecule has 0 fully saturated rings. The van der Waals surface area contributed by atoms with Gasteiger partial charge in [0, 0.05) is 0 Å². The first-order chi connectivity index (χ1) is 7.41. The SMILES string of the molecule is CCCCCCCCCCNCCCC.Cl.Cl.N. The highest BCUT2D eigenvalue weighted by Crippen LogP contribution is 2.07. The topological polar surface area (TPSA) is 47.0 Å². The van der Waals surface area contributed by atoms with Gasteiger partial charge >= 0.3 is 0 Å². The van der Waals surface area contributed by atoms with Crippen LogP contribution in [0.1, 0.15) is 78.1 Å². The smallest absolute Gasteiger partial charge is 0.00489 e. The van der Waals surface area contributed by atoms with Crippen LogP contribution in [-0.4, -0.2) is 13.1 Å². The summed E-state index contributed by atoms with van der Waals surface area (Å²) >= 11 is 0. The highest BCUT2D eigenvalue weighted by atomic mass is 35.5. The molecule has 18 heavy (non-hydrogen) atoms.